The normalized spacial score (nSPS) is 11.0. The number of aromatic nitrogens is 1. The van der Waals surface area contributed by atoms with Crippen molar-refractivity contribution in [3.63, 3.8) is 0 Å². The molecule has 0 saturated carbocycles. The van der Waals surface area contributed by atoms with Crippen LogP contribution < -0.4 is 4.74 Å². The summed E-state index contributed by atoms with van der Waals surface area (Å²) < 4.78 is 19.3. The van der Waals surface area contributed by atoms with E-state index in [1.165, 1.54) is 12.1 Å². The molecule has 0 aliphatic heterocycles. The van der Waals surface area contributed by atoms with Crippen LogP contribution in [0.1, 0.15) is 32.7 Å². The Morgan fingerprint density at radius 3 is 2.50 bits per heavy atom. The maximum absolute atomic E-state index is 13.1. The third-order valence-corrected chi connectivity index (χ3v) is 5.12. The highest BCUT2D eigenvalue weighted by Gasteiger charge is 2.15. The highest BCUT2D eigenvalue weighted by atomic mass is 19.1. The van der Waals surface area contributed by atoms with Crippen molar-refractivity contribution in [3.05, 3.63) is 88.4 Å². The molecule has 1 aromatic heterocycles. The van der Waals surface area contributed by atoms with Crippen LogP contribution in [0.25, 0.3) is 10.9 Å². The number of aromatic hydroxyl groups is 1. The van der Waals surface area contributed by atoms with Gasteiger partial charge in [0.2, 0.25) is 0 Å². The highest BCUT2D eigenvalue weighted by Crippen LogP contribution is 2.36. The van der Waals surface area contributed by atoms with Gasteiger partial charge in [-0.25, -0.2) is 9.18 Å². The third kappa shape index (κ3) is 3.72. The first-order chi connectivity index (χ1) is 14.3. The quantitative estimate of drug-likeness (QED) is 0.397. The number of H-pyrrole nitrogens is 1. The van der Waals surface area contributed by atoms with Gasteiger partial charge in [0, 0.05) is 28.5 Å². The topological polar surface area (TPSA) is 82.6 Å². The number of carboxylic acid groups (broad SMARTS) is 1. The number of aromatic carboxylic acids is 1. The molecule has 6 heteroatoms. The molecular formula is C24H20FNO4. The summed E-state index contributed by atoms with van der Waals surface area (Å²) in [7, 11) is 0. The van der Waals surface area contributed by atoms with Gasteiger partial charge < -0.3 is 19.9 Å². The van der Waals surface area contributed by atoms with Crippen molar-refractivity contribution in [1.82, 2.24) is 4.98 Å². The molecule has 1 heterocycles. The number of benzene rings is 3. The fourth-order valence-corrected chi connectivity index (χ4v) is 3.57. The number of aromatic amines is 1. The van der Waals surface area contributed by atoms with E-state index < -0.39 is 5.97 Å². The van der Waals surface area contributed by atoms with Gasteiger partial charge in [0.05, 0.1) is 0 Å². The average Bonchev–Trinajstić information content (AvgIpc) is 3.14. The minimum Gasteiger partial charge on any atom is -0.508 e. The number of carboxylic acids is 1. The molecule has 0 fully saturated rings. The fraction of sp³-hybridized carbons (Fsp3) is 0.125. The van der Waals surface area contributed by atoms with Crippen LogP contribution in [0.3, 0.4) is 0 Å². The summed E-state index contributed by atoms with van der Waals surface area (Å²) in [6.07, 6.45) is 0.431. The summed E-state index contributed by atoms with van der Waals surface area (Å²) in [4.78, 5) is 14.2. The van der Waals surface area contributed by atoms with Crippen molar-refractivity contribution < 1.29 is 24.1 Å². The van der Waals surface area contributed by atoms with E-state index in [9.17, 15) is 19.4 Å². The average molecular weight is 405 g/mol. The van der Waals surface area contributed by atoms with Crippen LogP contribution in [-0.4, -0.2) is 21.2 Å². The van der Waals surface area contributed by atoms with E-state index >= 15 is 0 Å². The Morgan fingerprint density at radius 2 is 1.80 bits per heavy atom. The predicted octanol–water partition coefficient (Wildman–Crippen LogP) is 5.71. The number of phenolic OH excluding ortho intramolecular Hbond substituents is 1. The van der Waals surface area contributed by atoms with Crippen LogP contribution >= 0.6 is 0 Å². The number of rotatable bonds is 5. The minimum atomic E-state index is -1.02. The summed E-state index contributed by atoms with van der Waals surface area (Å²) in [6.45, 7) is 3.77. The first kappa shape index (κ1) is 19.5. The lowest BCUT2D eigenvalue weighted by Crippen LogP contribution is -1.95. The van der Waals surface area contributed by atoms with E-state index in [1.54, 1.807) is 36.4 Å². The smallest absolute Gasteiger partial charge is 0.352 e. The molecule has 4 aromatic rings. The highest BCUT2D eigenvalue weighted by molar-refractivity contribution is 5.96. The van der Waals surface area contributed by atoms with Crippen LogP contribution in [0.5, 0.6) is 17.2 Å². The molecule has 0 atom stereocenters. The Labute approximate surface area is 172 Å². The summed E-state index contributed by atoms with van der Waals surface area (Å²) in [5.74, 6) is -0.0134. The lowest BCUT2D eigenvalue weighted by atomic mass is 10.0. The lowest BCUT2D eigenvalue weighted by Gasteiger charge is -2.14. The molecule has 0 saturated heterocycles. The maximum Gasteiger partial charge on any atom is 0.352 e. The summed E-state index contributed by atoms with van der Waals surface area (Å²) in [5.41, 5.74) is 4.05. The van der Waals surface area contributed by atoms with E-state index in [2.05, 4.69) is 4.98 Å². The summed E-state index contributed by atoms with van der Waals surface area (Å²) in [6, 6.07) is 14.6. The molecule has 0 unspecified atom stereocenters. The second-order valence-electron chi connectivity index (χ2n) is 7.29. The van der Waals surface area contributed by atoms with Gasteiger partial charge in [-0.15, -0.1) is 0 Å². The Kier molecular flexibility index (Phi) is 4.91. The van der Waals surface area contributed by atoms with Crippen molar-refractivity contribution >= 4 is 16.9 Å². The number of nitrogens with one attached hydrogen (secondary N) is 1. The number of ether oxygens (including phenoxy) is 1. The van der Waals surface area contributed by atoms with E-state index in [0.29, 0.717) is 23.5 Å². The fourth-order valence-electron chi connectivity index (χ4n) is 3.57. The van der Waals surface area contributed by atoms with Crippen LogP contribution in [0.15, 0.2) is 54.6 Å². The first-order valence-corrected chi connectivity index (χ1v) is 9.42. The zero-order valence-corrected chi connectivity index (χ0v) is 16.5. The summed E-state index contributed by atoms with van der Waals surface area (Å²) >= 11 is 0. The molecule has 4 rings (SSSR count). The van der Waals surface area contributed by atoms with E-state index in [4.69, 9.17) is 4.74 Å². The van der Waals surface area contributed by atoms with Gasteiger partial charge in [-0.3, -0.25) is 0 Å². The van der Waals surface area contributed by atoms with Crippen molar-refractivity contribution in [2.24, 2.45) is 0 Å². The molecule has 0 bridgehead atoms. The largest absolute Gasteiger partial charge is 0.508 e. The SMILES string of the molecule is Cc1cc2[nH]c(C(=O)O)cc2c(C)c1Oc1ccc(O)c(Cc2ccc(F)cc2)c1. The molecule has 0 amide bonds. The van der Waals surface area contributed by atoms with Crippen molar-refractivity contribution in [2.45, 2.75) is 20.3 Å². The molecule has 5 nitrogen and oxygen atoms in total. The molecule has 0 aliphatic rings. The van der Waals surface area contributed by atoms with Gasteiger partial charge in [-0.05, 0) is 67.4 Å². The van der Waals surface area contributed by atoms with Crippen molar-refractivity contribution in [2.75, 3.05) is 0 Å². The molecule has 30 heavy (non-hydrogen) atoms. The van der Waals surface area contributed by atoms with Gasteiger partial charge in [-0.1, -0.05) is 12.1 Å². The Balaban J connectivity index is 1.68. The standard InChI is InChI=1S/C24H20FNO4/c1-13-9-20-19(12-21(26-20)24(28)29)14(2)23(13)30-18-7-8-22(27)16(11-18)10-15-3-5-17(25)6-4-15/h3-9,11-12,26-27H,10H2,1-2H3,(H,28,29). The van der Waals surface area contributed by atoms with Crippen LogP contribution in [0.2, 0.25) is 0 Å². The second-order valence-corrected chi connectivity index (χ2v) is 7.29. The van der Waals surface area contributed by atoms with Gasteiger partial charge in [0.25, 0.3) is 0 Å². The molecule has 0 aliphatic carbocycles. The minimum absolute atomic E-state index is 0.121. The van der Waals surface area contributed by atoms with E-state index in [1.807, 2.05) is 19.9 Å². The molecule has 3 aromatic carbocycles. The van der Waals surface area contributed by atoms with Gasteiger partial charge in [0.1, 0.15) is 28.8 Å². The molecule has 152 valence electrons. The zero-order chi connectivity index (χ0) is 21.4. The third-order valence-electron chi connectivity index (χ3n) is 5.12. The van der Waals surface area contributed by atoms with E-state index in [0.717, 1.165) is 27.6 Å². The molecule has 3 N–H and O–H groups in total. The number of halogens is 1. The van der Waals surface area contributed by atoms with E-state index in [-0.39, 0.29) is 17.3 Å². The number of phenols is 1. The Morgan fingerprint density at radius 1 is 1.07 bits per heavy atom. The first-order valence-electron chi connectivity index (χ1n) is 9.42. The van der Waals surface area contributed by atoms with Gasteiger partial charge in [-0.2, -0.15) is 0 Å². The zero-order valence-electron chi connectivity index (χ0n) is 16.5. The number of carbonyl (C=O) groups is 1. The van der Waals surface area contributed by atoms with Crippen LogP contribution in [-0.2, 0) is 6.42 Å². The monoisotopic (exact) mass is 405 g/mol. The molecular weight excluding hydrogens is 385 g/mol. The summed E-state index contributed by atoms with van der Waals surface area (Å²) in [5, 5.41) is 20.2. The molecule has 0 radical (unpaired) electrons. The number of fused-ring (bicyclic) bond motifs is 1. The number of hydrogen-bond acceptors (Lipinski definition) is 3. The maximum atomic E-state index is 13.1. The number of aryl methyl sites for hydroxylation is 2. The van der Waals surface area contributed by atoms with Crippen LogP contribution in [0, 0.1) is 19.7 Å². The van der Waals surface area contributed by atoms with Crippen molar-refractivity contribution in [3.8, 4) is 17.2 Å². The molecule has 0 spiro atoms. The van der Waals surface area contributed by atoms with Crippen LogP contribution in [0.4, 0.5) is 4.39 Å². The second kappa shape index (κ2) is 7.55. The van der Waals surface area contributed by atoms with Crippen molar-refractivity contribution in [1.29, 1.82) is 0 Å². The lowest BCUT2D eigenvalue weighted by molar-refractivity contribution is 0.0691. The van der Waals surface area contributed by atoms with Gasteiger partial charge in [0.15, 0.2) is 0 Å². The predicted molar refractivity (Wildman–Crippen MR) is 112 cm³/mol. The van der Waals surface area contributed by atoms with Gasteiger partial charge >= 0.3 is 5.97 Å². The number of hydrogen-bond donors (Lipinski definition) is 3. The Bertz CT molecular complexity index is 1260. The Hall–Kier alpha value is -3.80.